The van der Waals surface area contributed by atoms with Crippen molar-refractivity contribution in [3.8, 4) is 0 Å². The highest BCUT2D eigenvalue weighted by Gasteiger charge is 2.74. The number of methoxy groups -OCH3 is 1. The Morgan fingerprint density at radius 1 is 1.12 bits per heavy atom. The molecule has 0 amide bonds. The number of rotatable bonds is 3. The molecule has 0 fully saturated rings. The molecular weight excluding hydrogens is 371 g/mol. The molecule has 0 bridgehead atoms. The smallest absolute Gasteiger partial charge is 0.460 e. The second-order valence-electron chi connectivity index (χ2n) is 4.70. The summed E-state index contributed by atoms with van der Waals surface area (Å²) in [6.07, 6.45) is -6.54. The number of halogens is 8. The van der Waals surface area contributed by atoms with Crippen LogP contribution in [0.5, 0.6) is 0 Å². The molecule has 1 heterocycles. The Bertz CT molecular complexity index is 797. The highest BCUT2D eigenvalue weighted by molar-refractivity contribution is 6.31. The number of esters is 1. The van der Waals surface area contributed by atoms with Crippen molar-refractivity contribution < 1.29 is 40.3 Å². The first kappa shape index (κ1) is 18.4. The fraction of sp³-hybridized carbons (Fsp3) is 0.308. The Morgan fingerprint density at radius 3 is 2.21 bits per heavy atom. The van der Waals surface area contributed by atoms with E-state index in [4.69, 9.17) is 11.6 Å². The van der Waals surface area contributed by atoms with Crippen LogP contribution in [0.2, 0.25) is 5.02 Å². The summed E-state index contributed by atoms with van der Waals surface area (Å²) in [6, 6.07) is 3.19. The van der Waals surface area contributed by atoms with Gasteiger partial charge in [-0.2, -0.15) is 30.7 Å². The van der Waals surface area contributed by atoms with Crippen molar-refractivity contribution >= 4 is 28.5 Å². The Labute approximate surface area is 134 Å². The molecule has 3 nitrogen and oxygen atoms in total. The van der Waals surface area contributed by atoms with E-state index in [9.17, 15) is 35.5 Å². The lowest BCUT2D eigenvalue weighted by Gasteiger charge is -2.28. The third-order valence-electron chi connectivity index (χ3n) is 3.21. The van der Waals surface area contributed by atoms with E-state index in [1.54, 1.807) is 4.98 Å². The van der Waals surface area contributed by atoms with Gasteiger partial charge in [-0.1, -0.05) is 11.6 Å². The fourth-order valence-corrected chi connectivity index (χ4v) is 2.22. The Morgan fingerprint density at radius 2 is 1.71 bits per heavy atom. The minimum atomic E-state index is -6.54. The summed E-state index contributed by atoms with van der Waals surface area (Å²) in [4.78, 5) is 13.4. The first-order valence-electron chi connectivity index (χ1n) is 6.07. The molecule has 0 spiro atoms. The van der Waals surface area contributed by atoms with Gasteiger partial charge in [0, 0.05) is 15.9 Å². The molecule has 132 valence electrons. The van der Waals surface area contributed by atoms with Gasteiger partial charge in [0.1, 0.15) is 5.69 Å². The van der Waals surface area contributed by atoms with Crippen LogP contribution in [0.25, 0.3) is 10.9 Å². The van der Waals surface area contributed by atoms with Gasteiger partial charge in [0.05, 0.1) is 12.7 Å². The number of H-pyrrole nitrogens is 1. The van der Waals surface area contributed by atoms with Gasteiger partial charge in [-0.05, 0) is 18.2 Å². The van der Waals surface area contributed by atoms with Crippen LogP contribution in [-0.4, -0.2) is 30.2 Å². The number of carbonyl (C=O) groups is 1. The van der Waals surface area contributed by atoms with Gasteiger partial charge in [-0.15, -0.1) is 0 Å². The van der Waals surface area contributed by atoms with Gasteiger partial charge < -0.3 is 9.72 Å². The second kappa shape index (κ2) is 5.54. The summed E-state index contributed by atoms with van der Waals surface area (Å²) in [5, 5.41) is -0.425. The molecule has 1 aromatic carbocycles. The highest BCUT2D eigenvalue weighted by Crippen LogP contribution is 2.53. The van der Waals surface area contributed by atoms with Gasteiger partial charge in [0.2, 0.25) is 0 Å². The maximum absolute atomic E-state index is 14.0. The van der Waals surface area contributed by atoms with Crippen molar-refractivity contribution in [2.75, 3.05) is 7.11 Å². The maximum atomic E-state index is 14.0. The summed E-state index contributed by atoms with van der Waals surface area (Å²) < 4.78 is 95.8. The predicted octanol–water partition coefficient (Wildman–Crippen LogP) is 4.90. The molecule has 1 aromatic heterocycles. The zero-order valence-corrected chi connectivity index (χ0v) is 12.3. The van der Waals surface area contributed by atoms with Crippen molar-refractivity contribution in [3.63, 3.8) is 0 Å². The minimum Gasteiger partial charge on any atom is -0.465 e. The lowest BCUT2D eigenvalue weighted by molar-refractivity contribution is -0.360. The van der Waals surface area contributed by atoms with Crippen molar-refractivity contribution in [2.45, 2.75) is 18.0 Å². The minimum absolute atomic E-state index is 0.0518. The van der Waals surface area contributed by atoms with Crippen LogP contribution in [0, 0.1) is 0 Å². The largest absolute Gasteiger partial charge is 0.465 e. The molecule has 0 aliphatic rings. The summed E-state index contributed by atoms with van der Waals surface area (Å²) in [5.74, 6) is -13.7. The summed E-state index contributed by atoms with van der Waals surface area (Å²) in [7, 11) is 0.759. The molecule has 0 saturated heterocycles. The van der Waals surface area contributed by atoms with Gasteiger partial charge >= 0.3 is 24.0 Å². The Balaban J connectivity index is 2.83. The molecule has 0 atom stereocenters. The molecule has 2 rings (SSSR count). The lowest BCUT2D eigenvalue weighted by Crippen LogP contribution is -2.50. The molecule has 1 N–H and O–H groups in total. The standard InChI is InChI=1S/C13H7ClF7NO2/c1-24-10(23)8-6-4-5(14)2-3-7(6)22-9(8)11(15,16)12(17,18)13(19,20)21/h2-4,22H,1H3. The third-order valence-corrected chi connectivity index (χ3v) is 3.45. The number of alkyl halides is 7. The van der Waals surface area contributed by atoms with Crippen molar-refractivity contribution in [3.05, 3.63) is 34.5 Å². The molecule has 0 radical (unpaired) electrons. The fourth-order valence-electron chi connectivity index (χ4n) is 2.05. The Hall–Kier alpha value is -1.97. The quantitative estimate of drug-likeness (QED) is 0.611. The van der Waals surface area contributed by atoms with Crippen LogP contribution < -0.4 is 0 Å². The van der Waals surface area contributed by atoms with Gasteiger partial charge in [0.15, 0.2) is 0 Å². The van der Waals surface area contributed by atoms with E-state index in [-0.39, 0.29) is 15.9 Å². The summed E-state index contributed by atoms with van der Waals surface area (Å²) in [6.45, 7) is 0. The second-order valence-corrected chi connectivity index (χ2v) is 5.14. The maximum Gasteiger partial charge on any atom is 0.460 e. The number of hydrogen-bond donors (Lipinski definition) is 1. The van der Waals surface area contributed by atoms with Crippen LogP contribution in [0.3, 0.4) is 0 Å². The predicted molar refractivity (Wildman–Crippen MR) is 69.5 cm³/mol. The number of hydrogen-bond acceptors (Lipinski definition) is 2. The number of fused-ring (bicyclic) bond motifs is 1. The monoisotopic (exact) mass is 377 g/mol. The number of aromatic amines is 1. The number of carbonyl (C=O) groups excluding carboxylic acids is 1. The number of ether oxygens (including phenoxy) is 1. The highest BCUT2D eigenvalue weighted by atomic mass is 35.5. The first-order chi connectivity index (χ1) is 10.8. The van der Waals surface area contributed by atoms with E-state index < -0.39 is 35.2 Å². The average molecular weight is 378 g/mol. The first-order valence-corrected chi connectivity index (χ1v) is 6.44. The van der Waals surface area contributed by atoms with Crippen molar-refractivity contribution in [1.82, 2.24) is 4.98 Å². The van der Waals surface area contributed by atoms with Crippen molar-refractivity contribution in [1.29, 1.82) is 0 Å². The van der Waals surface area contributed by atoms with Crippen LogP contribution >= 0.6 is 11.6 Å². The number of benzene rings is 1. The van der Waals surface area contributed by atoms with Crippen LogP contribution in [0.1, 0.15) is 16.1 Å². The van der Waals surface area contributed by atoms with E-state index in [0.717, 1.165) is 19.2 Å². The van der Waals surface area contributed by atoms with Crippen molar-refractivity contribution in [2.24, 2.45) is 0 Å². The molecule has 24 heavy (non-hydrogen) atoms. The van der Waals surface area contributed by atoms with E-state index in [1.807, 2.05) is 0 Å². The Kier molecular flexibility index (Phi) is 4.24. The van der Waals surface area contributed by atoms with Crippen LogP contribution in [0.4, 0.5) is 30.7 Å². The van der Waals surface area contributed by atoms with E-state index in [1.165, 1.54) is 6.07 Å². The van der Waals surface area contributed by atoms with Gasteiger partial charge in [-0.3, -0.25) is 0 Å². The molecular formula is C13H7ClF7NO2. The van der Waals surface area contributed by atoms with Crippen LogP contribution in [0.15, 0.2) is 18.2 Å². The van der Waals surface area contributed by atoms with E-state index in [2.05, 4.69) is 4.74 Å². The van der Waals surface area contributed by atoms with E-state index in [0.29, 0.717) is 0 Å². The molecule has 0 saturated carbocycles. The molecule has 11 heteroatoms. The summed E-state index contributed by atoms with van der Waals surface area (Å²) >= 11 is 5.64. The zero-order valence-electron chi connectivity index (χ0n) is 11.6. The molecule has 0 aliphatic carbocycles. The van der Waals surface area contributed by atoms with Crippen LogP contribution in [-0.2, 0) is 10.7 Å². The topological polar surface area (TPSA) is 42.1 Å². The number of nitrogens with one attached hydrogen (secondary N) is 1. The normalized spacial score (nSPS) is 13.4. The molecule has 0 unspecified atom stereocenters. The molecule has 2 aromatic rings. The zero-order chi connectivity index (χ0) is 18.5. The van der Waals surface area contributed by atoms with Gasteiger partial charge in [0.25, 0.3) is 0 Å². The number of aromatic nitrogens is 1. The SMILES string of the molecule is COC(=O)c1c(C(F)(F)C(F)(F)C(F)(F)F)[nH]c2ccc(Cl)cc12. The summed E-state index contributed by atoms with van der Waals surface area (Å²) in [5.41, 5.74) is -3.34. The van der Waals surface area contributed by atoms with E-state index >= 15 is 0 Å². The van der Waals surface area contributed by atoms with Gasteiger partial charge in [-0.25, -0.2) is 4.79 Å². The average Bonchev–Trinajstić information content (AvgIpc) is 2.84. The molecule has 0 aliphatic heterocycles. The third kappa shape index (κ3) is 2.58. The lowest BCUT2D eigenvalue weighted by atomic mass is 10.0.